The molecule has 0 bridgehead atoms. The molecule has 0 radical (unpaired) electrons. The summed E-state index contributed by atoms with van der Waals surface area (Å²) in [4.78, 5) is 21.2. The molecule has 7 nitrogen and oxygen atoms in total. The highest BCUT2D eigenvalue weighted by Gasteiger charge is 2.21. The van der Waals surface area contributed by atoms with Crippen molar-refractivity contribution >= 4 is 12.2 Å². The molecule has 0 fully saturated rings. The van der Waals surface area contributed by atoms with Crippen LogP contribution in [0.1, 0.15) is 19.3 Å². The number of carbonyl (C=O) groups is 2. The number of rotatable bonds is 2. The Kier molecular flexibility index (Phi) is 4.77. The minimum atomic E-state index is -0.917. The molecule has 0 aliphatic heterocycles. The van der Waals surface area contributed by atoms with E-state index in [-0.39, 0.29) is 6.42 Å². The van der Waals surface area contributed by atoms with Gasteiger partial charge in [-0.2, -0.15) is 0 Å². The number of amides is 2. The lowest BCUT2D eigenvalue weighted by Crippen LogP contribution is -2.29. The number of nitrogens with two attached hydrogens (primary N) is 2. The summed E-state index contributed by atoms with van der Waals surface area (Å²) in [6.45, 7) is 0. The number of hydrogen-bond acceptors (Lipinski definition) is 5. The summed E-state index contributed by atoms with van der Waals surface area (Å²) in [6, 6.07) is 0. The van der Waals surface area contributed by atoms with Gasteiger partial charge in [0.1, 0.15) is 12.2 Å². The maximum Gasteiger partial charge on any atom is 0.405 e. The van der Waals surface area contributed by atoms with E-state index in [2.05, 4.69) is 0 Å². The molecule has 0 aromatic carbocycles. The summed E-state index contributed by atoms with van der Waals surface area (Å²) in [5, 5.41) is 9.61. The molecular formula is C10H16N2O5. The van der Waals surface area contributed by atoms with E-state index < -0.39 is 30.5 Å². The van der Waals surface area contributed by atoms with Crippen molar-refractivity contribution in [2.45, 2.75) is 37.6 Å². The first-order valence-corrected chi connectivity index (χ1v) is 5.26. The Balaban J connectivity index is 2.65. The highest BCUT2D eigenvalue weighted by atomic mass is 16.6. The van der Waals surface area contributed by atoms with Gasteiger partial charge in [0.25, 0.3) is 0 Å². The van der Waals surface area contributed by atoms with Crippen LogP contribution in [0.4, 0.5) is 9.59 Å². The van der Waals surface area contributed by atoms with Crippen LogP contribution in [-0.4, -0.2) is 35.6 Å². The maximum atomic E-state index is 10.6. The predicted molar refractivity (Wildman–Crippen MR) is 57.9 cm³/mol. The molecular weight excluding hydrogens is 228 g/mol. The second-order valence-corrected chi connectivity index (χ2v) is 3.80. The number of ether oxygens (including phenoxy) is 2. The zero-order chi connectivity index (χ0) is 12.8. The van der Waals surface area contributed by atoms with Crippen molar-refractivity contribution in [1.29, 1.82) is 0 Å². The third-order valence-corrected chi connectivity index (χ3v) is 2.36. The standard InChI is InChI=1S/C10H16N2O5/c11-9(14)16-7-2-1-6(13)5-8(4-3-7)17-10(12)15/h3-4,6-8,13H,1-2,5H2,(H2,11,14)(H2,12,15). The average Bonchev–Trinajstić information content (AvgIpc) is 2.18. The first kappa shape index (κ1) is 13.3. The summed E-state index contributed by atoms with van der Waals surface area (Å²) >= 11 is 0. The van der Waals surface area contributed by atoms with E-state index in [9.17, 15) is 14.7 Å². The van der Waals surface area contributed by atoms with Crippen LogP contribution >= 0.6 is 0 Å². The summed E-state index contributed by atoms with van der Waals surface area (Å²) < 4.78 is 9.57. The van der Waals surface area contributed by atoms with E-state index in [4.69, 9.17) is 20.9 Å². The van der Waals surface area contributed by atoms with Gasteiger partial charge in [-0.25, -0.2) is 9.59 Å². The van der Waals surface area contributed by atoms with E-state index in [1.54, 1.807) is 6.08 Å². The third kappa shape index (κ3) is 5.21. The first-order chi connectivity index (χ1) is 7.97. The highest BCUT2D eigenvalue weighted by molar-refractivity contribution is 5.65. The predicted octanol–water partition coefficient (Wildman–Crippen LogP) is 0.0152. The summed E-state index contributed by atoms with van der Waals surface area (Å²) in [5.41, 5.74) is 9.79. The number of aliphatic hydroxyl groups excluding tert-OH is 1. The fourth-order valence-corrected chi connectivity index (χ4v) is 1.65. The van der Waals surface area contributed by atoms with Gasteiger partial charge in [-0.1, -0.05) is 0 Å². The smallest absolute Gasteiger partial charge is 0.405 e. The molecule has 1 aliphatic carbocycles. The lowest BCUT2D eigenvalue weighted by molar-refractivity contribution is 0.0586. The van der Waals surface area contributed by atoms with Gasteiger partial charge in [0.2, 0.25) is 0 Å². The highest BCUT2D eigenvalue weighted by Crippen LogP contribution is 2.17. The number of hydrogen-bond donors (Lipinski definition) is 3. The second-order valence-electron chi connectivity index (χ2n) is 3.80. The van der Waals surface area contributed by atoms with Crippen LogP contribution in [0.15, 0.2) is 12.2 Å². The topological polar surface area (TPSA) is 125 Å². The van der Waals surface area contributed by atoms with E-state index in [0.29, 0.717) is 12.8 Å². The van der Waals surface area contributed by atoms with E-state index >= 15 is 0 Å². The monoisotopic (exact) mass is 244 g/mol. The lowest BCUT2D eigenvalue weighted by Gasteiger charge is -2.22. The molecule has 0 spiro atoms. The number of carbonyl (C=O) groups excluding carboxylic acids is 2. The molecule has 0 saturated heterocycles. The molecule has 0 heterocycles. The average molecular weight is 244 g/mol. The molecule has 17 heavy (non-hydrogen) atoms. The van der Waals surface area contributed by atoms with Crippen molar-refractivity contribution in [2.24, 2.45) is 11.5 Å². The molecule has 0 aromatic heterocycles. The molecule has 1 rings (SSSR count). The largest absolute Gasteiger partial charge is 0.442 e. The van der Waals surface area contributed by atoms with Crippen molar-refractivity contribution < 1.29 is 24.2 Å². The normalized spacial score (nSPS) is 28.9. The van der Waals surface area contributed by atoms with Crippen molar-refractivity contribution in [3.63, 3.8) is 0 Å². The summed E-state index contributed by atoms with van der Waals surface area (Å²) in [7, 11) is 0. The van der Waals surface area contributed by atoms with Crippen molar-refractivity contribution in [3.8, 4) is 0 Å². The van der Waals surface area contributed by atoms with Crippen LogP contribution in [0.2, 0.25) is 0 Å². The zero-order valence-corrected chi connectivity index (χ0v) is 9.24. The van der Waals surface area contributed by atoms with Gasteiger partial charge < -0.3 is 26.0 Å². The Labute approximate surface area is 98.4 Å². The van der Waals surface area contributed by atoms with Gasteiger partial charge in [-0.05, 0) is 25.0 Å². The second kappa shape index (κ2) is 6.09. The van der Waals surface area contributed by atoms with Crippen LogP contribution in [-0.2, 0) is 9.47 Å². The van der Waals surface area contributed by atoms with Gasteiger partial charge >= 0.3 is 12.2 Å². The minimum Gasteiger partial charge on any atom is -0.442 e. The SMILES string of the molecule is NC(=O)OC1C=CC(OC(N)=O)CC(O)CC1. The third-order valence-electron chi connectivity index (χ3n) is 2.36. The maximum absolute atomic E-state index is 10.6. The first-order valence-electron chi connectivity index (χ1n) is 5.26. The number of aliphatic hydroxyl groups is 1. The zero-order valence-electron chi connectivity index (χ0n) is 9.24. The molecule has 0 aromatic rings. The molecule has 7 heteroatoms. The fraction of sp³-hybridized carbons (Fsp3) is 0.600. The number of primary amides is 2. The molecule has 96 valence electrons. The Morgan fingerprint density at radius 3 is 2.18 bits per heavy atom. The molecule has 3 atom stereocenters. The summed E-state index contributed by atoms with van der Waals surface area (Å²) in [6.07, 6.45) is 0.645. The van der Waals surface area contributed by atoms with Gasteiger partial charge in [-0.3, -0.25) is 0 Å². The quantitative estimate of drug-likeness (QED) is 0.590. The van der Waals surface area contributed by atoms with Crippen molar-refractivity contribution in [3.05, 3.63) is 12.2 Å². The Morgan fingerprint density at radius 1 is 1.06 bits per heavy atom. The van der Waals surface area contributed by atoms with Crippen LogP contribution in [0.25, 0.3) is 0 Å². The molecule has 5 N–H and O–H groups in total. The Bertz CT molecular complexity index is 318. The minimum absolute atomic E-state index is 0.267. The van der Waals surface area contributed by atoms with Crippen LogP contribution < -0.4 is 11.5 Å². The van der Waals surface area contributed by atoms with Crippen LogP contribution in [0.5, 0.6) is 0 Å². The molecule has 0 saturated carbocycles. The van der Waals surface area contributed by atoms with Gasteiger partial charge in [0, 0.05) is 6.42 Å². The van der Waals surface area contributed by atoms with Gasteiger partial charge in [0.05, 0.1) is 6.10 Å². The van der Waals surface area contributed by atoms with Crippen LogP contribution in [0, 0.1) is 0 Å². The molecule has 2 amide bonds. The Hall–Kier alpha value is -1.76. The molecule has 3 unspecified atom stereocenters. The van der Waals surface area contributed by atoms with Gasteiger partial charge in [-0.15, -0.1) is 0 Å². The van der Waals surface area contributed by atoms with Gasteiger partial charge in [0.15, 0.2) is 0 Å². The summed E-state index contributed by atoms with van der Waals surface area (Å²) in [5.74, 6) is 0. The van der Waals surface area contributed by atoms with E-state index in [1.165, 1.54) is 6.08 Å². The van der Waals surface area contributed by atoms with Crippen molar-refractivity contribution in [1.82, 2.24) is 0 Å². The van der Waals surface area contributed by atoms with Crippen molar-refractivity contribution in [2.75, 3.05) is 0 Å². The molecule has 1 aliphatic rings. The van der Waals surface area contributed by atoms with Crippen LogP contribution in [0.3, 0.4) is 0 Å². The Morgan fingerprint density at radius 2 is 1.59 bits per heavy atom. The fourth-order valence-electron chi connectivity index (χ4n) is 1.65. The van der Waals surface area contributed by atoms with E-state index in [0.717, 1.165) is 0 Å². The lowest BCUT2D eigenvalue weighted by atomic mass is 10.00. The van der Waals surface area contributed by atoms with E-state index in [1.807, 2.05) is 0 Å².